The molecule has 2 aromatic carbocycles. The highest BCUT2D eigenvalue weighted by molar-refractivity contribution is 5.80. The Hall–Kier alpha value is -4.34. The number of nitrogens with one attached hydrogen (secondary N) is 1. The third kappa shape index (κ3) is 4.82. The molecule has 1 saturated carbocycles. The molecule has 10 nitrogen and oxygen atoms in total. The summed E-state index contributed by atoms with van der Waals surface area (Å²) >= 11 is 0. The van der Waals surface area contributed by atoms with E-state index in [-0.39, 0.29) is 11.2 Å². The number of imidazole rings is 1. The maximum Gasteiger partial charge on any atom is 0.332 e. The molecule has 0 radical (unpaired) electrons. The van der Waals surface area contributed by atoms with E-state index in [1.165, 1.54) is 9.13 Å². The van der Waals surface area contributed by atoms with Crippen molar-refractivity contribution in [2.75, 3.05) is 0 Å². The minimum atomic E-state index is -0.283. The van der Waals surface area contributed by atoms with Gasteiger partial charge in [0.25, 0.3) is 5.56 Å². The van der Waals surface area contributed by atoms with Gasteiger partial charge in [-0.15, -0.1) is 5.10 Å². The first kappa shape index (κ1) is 25.0. The summed E-state index contributed by atoms with van der Waals surface area (Å²) in [5.74, 6) is 1.88. The van der Waals surface area contributed by atoms with E-state index in [2.05, 4.69) is 51.8 Å². The van der Waals surface area contributed by atoms with Crippen molar-refractivity contribution < 1.29 is 0 Å². The zero-order valence-electron chi connectivity index (χ0n) is 22.3. The van der Waals surface area contributed by atoms with Gasteiger partial charge in [0.2, 0.25) is 0 Å². The number of aromatic amines is 1. The van der Waals surface area contributed by atoms with Gasteiger partial charge >= 0.3 is 5.69 Å². The molecule has 5 aromatic rings. The van der Waals surface area contributed by atoms with E-state index in [0.717, 1.165) is 66.6 Å². The topological polar surface area (TPSA) is 116 Å². The number of tetrazole rings is 1. The Labute approximate surface area is 225 Å². The maximum absolute atomic E-state index is 13.7. The molecule has 0 unspecified atom stereocenters. The van der Waals surface area contributed by atoms with Crippen LogP contribution in [0, 0.1) is 5.92 Å². The highest BCUT2D eigenvalue weighted by Crippen LogP contribution is 2.31. The molecule has 6 rings (SSSR count). The van der Waals surface area contributed by atoms with Crippen molar-refractivity contribution in [1.82, 2.24) is 39.3 Å². The Morgan fingerprint density at radius 2 is 1.74 bits per heavy atom. The number of hydrogen-bond acceptors (Lipinski definition) is 6. The van der Waals surface area contributed by atoms with E-state index in [0.29, 0.717) is 36.0 Å². The van der Waals surface area contributed by atoms with Crippen LogP contribution in [0.25, 0.3) is 33.7 Å². The van der Waals surface area contributed by atoms with E-state index >= 15 is 0 Å². The molecule has 3 aromatic heterocycles. The third-order valence-corrected chi connectivity index (χ3v) is 7.59. The van der Waals surface area contributed by atoms with Crippen LogP contribution in [-0.2, 0) is 26.6 Å². The van der Waals surface area contributed by atoms with E-state index in [9.17, 15) is 9.59 Å². The number of rotatable bonds is 10. The van der Waals surface area contributed by atoms with Gasteiger partial charge in [0.05, 0.1) is 0 Å². The van der Waals surface area contributed by atoms with E-state index < -0.39 is 0 Å². The van der Waals surface area contributed by atoms with Gasteiger partial charge in [-0.1, -0.05) is 68.3 Å². The molecule has 0 spiro atoms. The first-order chi connectivity index (χ1) is 19.0. The average Bonchev–Trinajstić information content (AvgIpc) is 3.47. The fraction of sp³-hybridized carbons (Fsp3) is 0.379. The molecule has 1 aliphatic rings. The number of benzene rings is 2. The van der Waals surface area contributed by atoms with Gasteiger partial charge < -0.3 is 4.57 Å². The van der Waals surface area contributed by atoms with Crippen molar-refractivity contribution in [1.29, 1.82) is 0 Å². The molecule has 0 bridgehead atoms. The van der Waals surface area contributed by atoms with Gasteiger partial charge in [-0.2, -0.15) is 0 Å². The van der Waals surface area contributed by atoms with Crippen LogP contribution in [0.15, 0.2) is 58.1 Å². The molecule has 0 atom stereocenters. The number of H-pyrrole nitrogens is 1. The van der Waals surface area contributed by atoms with Crippen molar-refractivity contribution in [3.8, 4) is 22.5 Å². The monoisotopic (exact) mass is 524 g/mol. The number of nitrogens with zero attached hydrogens (tertiary/aromatic N) is 7. The number of aryl methyl sites for hydroxylation is 2. The molecular formula is C29H32N8O2. The molecule has 10 heteroatoms. The van der Waals surface area contributed by atoms with Crippen LogP contribution in [0.3, 0.4) is 0 Å². The summed E-state index contributed by atoms with van der Waals surface area (Å²) in [4.78, 5) is 31.6. The zero-order chi connectivity index (χ0) is 26.9. The molecule has 1 aliphatic carbocycles. The van der Waals surface area contributed by atoms with Crippen molar-refractivity contribution >= 4 is 11.2 Å². The SMILES string of the molecule is CCCCCc1nc2c(c(=O)n(CC3CC3)c(=O)n2C)n1Cc1ccc(-c2ccccc2-c2nnn[nH]2)cc1. The van der Waals surface area contributed by atoms with Crippen LogP contribution < -0.4 is 11.2 Å². The first-order valence-electron chi connectivity index (χ1n) is 13.7. The zero-order valence-corrected chi connectivity index (χ0v) is 22.3. The second-order valence-electron chi connectivity index (χ2n) is 10.4. The Morgan fingerprint density at radius 3 is 2.44 bits per heavy atom. The fourth-order valence-electron chi connectivity index (χ4n) is 5.22. The smallest absolute Gasteiger partial charge is 0.318 e. The Bertz CT molecular complexity index is 1720. The van der Waals surface area contributed by atoms with Crippen LogP contribution in [0.4, 0.5) is 0 Å². The lowest BCUT2D eigenvalue weighted by Gasteiger charge is -2.12. The Balaban J connectivity index is 1.39. The van der Waals surface area contributed by atoms with Crippen molar-refractivity contribution in [2.45, 2.75) is 58.5 Å². The number of aromatic nitrogens is 8. The summed E-state index contributed by atoms with van der Waals surface area (Å²) < 4.78 is 4.98. The second kappa shape index (κ2) is 10.4. The quantitative estimate of drug-likeness (QED) is 0.277. The molecule has 1 N–H and O–H groups in total. The maximum atomic E-state index is 13.7. The van der Waals surface area contributed by atoms with Crippen molar-refractivity contribution in [3.05, 3.63) is 80.8 Å². The van der Waals surface area contributed by atoms with Crippen LogP contribution in [-0.4, -0.2) is 39.3 Å². The lowest BCUT2D eigenvalue weighted by Crippen LogP contribution is -2.40. The van der Waals surface area contributed by atoms with E-state index in [1.807, 2.05) is 28.8 Å². The molecule has 1 fully saturated rings. The molecule has 39 heavy (non-hydrogen) atoms. The predicted octanol–water partition coefficient (Wildman–Crippen LogP) is 3.93. The number of unbranched alkanes of at least 4 members (excludes halogenated alkanes) is 2. The largest absolute Gasteiger partial charge is 0.332 e. The number of fused-ring (bicyclic) bond motifs is 1. The number of hydrogen-bond donors (Lipinski definition) is 1. The van der Waals surface area contributed by atoms with Gasteiger partial charge in [-0.25, -0.2) is 14.9 Å². The van der Waals surface area contributed by atoms with Crippen molar-refractivity contribution in [2.24, 2.45) is 13.0 Å². The molecule has 0 aliphatic heterocycles. The fourth-order valence-corrected chi connectivity index (χ4v) is 5.22. The normalized spacial score (nSPS) is 13.4. The molecular weight excluding hydrogens is 492 g/mol. The van der Waals surface area contributed by atoms with Crippen LogP contribution in [0.2, 0.25) is 0 Å². The van der Waals surface area contributed by atoms with Gasteiger partial charge in [0, 0.05) is 32.1 Å². The minimum absolute atomic E-state index is 0.236. The van der Waals surface area contributed by atoms with Crippen molar-refractivity contribution in [3.63, 3.8) is 0 Å². The van der Waals surface area contributed by atoms with Crippen LogP contribution >= 0.6 is 0 Å². The minimum Gasteiger partial charge on any atom is -0.318 e. The Morgan fingerprint density at radius 1 is 0.974 bits per heavy atom. The predicted molar refractivity (Wildman–Crippen MR) is 149 cm³/mol. The average molecular weight is 525 g/mol. The summed E-state index contributed by atoms with van der Waals surface area (Å²) in [6.07, 6.45) is 6.06. The molecule has 3 heterocycles. The summed E-state index contributed by atoms with van der Waals surface area (Å²) in [6.45, 7) is 3.15. The molecule has 200 valence electrons. The van der Waals surface area contributed by atoms with E-state index in [1.54, 1.807) is 7.05 Å². The summed E-state index contributed by atoms with van der Waals surface area (Å²) in [5.41, 5.74) is 4.50. The second-order valence-corrected chi connectivity index (χ2v) is 10.4. The van der Waals surface area contributed by atoms with Crippen LogP contribution in [0.5, 0.6) is 0 Å². The summed E-state index contributed by atoms with van der Waals surface area (Å²) in [5, 5.41) is 14.4. The third-order valence-electron chi connectivity index (χ3n) is 7.59. The molecule has 0 saturated heterocycles. The van der Waals surface area contributed by atoms with Gasteiger partial charge in [-0.3, -0.25) is 13.9 Å². The first-order valence-corrected chi connectivity index (χ1v) is 13.7. The standard InChI is InChI=1S/C29H32N8O2/c1-3-4-5-10-24-30-27-25(28(38)37(18-19-11-12-19)29(39)35(27)2)36(24)17-20-13-15-21(16-14-20)22-8-6-7-9-23(22)26-31-33-34-32-26/h6-9,13-16,19H,3-5,10-12,17-18H2,1-2H3,(H,31,32,33,34). The lowest BCUT2D eigenvalue weighted by molar-refractivity contribution is 0.557. The highest BCUT2D eigenvalue weighted by atomic mass is 16.2. The summed E-state index contributed by atoms with van der Waals surface area (Å²) in [6, 6.07) is 16.3. The van der Waals surface area contributed by atoms with E-state index in [4.69, 9.17) is 4.98 Å². The highest BCUT2D eigenvalue weighted by Gasteiger charge is 2.26. The van der Waals surface area contributed by atoms with Crippen LogP contribution in [0.1, 0.15) is 50.4 Å². The van der Waals surface area contributed by atoms with Gasteiger partial charge in [0.1, 0.15) is 5.82 Å². The summed E-state index contributed by atoms with van der Waals surface area (Å²) in [7, 11) is 1.72. The lowest BCUT2D eigenvalue weighted by atomic mass is 9.98. The van der Waals surface area contributed by atoms with Gasteiger partial charge in [-0.05, 0) is 52.3 Å². The molecule has 0 amide bonds. The Kier molecular flexibility index (Phi) is 6.68. The van der Waals surface area contributed by atoms with Gasteiger partial charge in [0.15, 0.2) is 17.0 Å².